The van der Waals surface area contributed by atoms with Gasteiger partial charge >= 0.3 is 0 Å². The van der Waals surface area contributed by atoms with Crippen LogP contribution >= 0.6 is 0 Å². The predicted molar refractivity (Wildman–Crippen MR) is 393 cm³/mol. The number of aliphatic hydroxyl groups excluding tert-OH is 1. The molecule has 13 amide bonds. The summed E-state index contributed by atoms with van der Waals surface area (Å²) >= 11 is 0. The largest absolute Gasteiger partial charge is 0.391 e. The fourth-order valence-corrected chi connectivity index (χ4v) is 14.6. The minimum atomic E-state index is -1.68. The molecule has 588 valence electrons. The number of methoxy groups -OCH3 is 1. The summed E-state index contributed by atoms with van der Waals surface area (Å²) in [5, 5.41) is 25.5. The molecule has 0 aromatic rings. The monoisotopic (exact) mass is 1460 g/mol. The Hall–Kier alpha value is -6.97. The standard InChI is InChI=1S/C75H133N13O15/c1-42(2)32-52-70(97)85(21)58(36-46(9)10)73(100)84(20)57(35-45(7)8)68(95)78-53(39-50-28-29-60(103-24)51(38-50)65(92)76-16)71(98)86(22)59(37-47(11)12)74(101)87(23)64(48(13)14)69(96)80-63(49(15)89)75(102)81(17)41-62(91)83(19)56(34-44(5)6)67(94)79-54(72(99)88-30-26-25-27-31-88)40-61(90)82(18)55(33-43(3)4)66(93)77-52/h42-60,63-64,89H,25-41H2,1-24H3,(H,76,92)(H,77,93)(H,78,95)(H,79,94)(H,80,96)/t49-,50?,51?,52+,53+,54+,55+,56+,57+,58+,59+,60?,63+,64+/m1/s1. The first-order chi connectivity index (χ1) is 47.9. The lowest BCUT2D eigenvalue weighted by atomic mass is 9.76. The first-order valence-electron chi connectivity index (χ1n) is 37.7. The van der Waals surface area contributed by atoms with Gasteiger partial charge in [-0.3, -0.25) is 62.3 Å². The molecule has 28 heteroatoms. The zero-order valence-corrected chi connectivity index (χ0v) is 66.9. The third-order valence-corrected chi connectivity index (χ3v) is 20.5. The molecular formula is C75H133N13O15. The molecule has 28 nitrogen and oxygen atoms in total. The molecule has 2 saturated heterocycles. The van der Waals surface area contributed by atoms with Crippen LogP contribution in [0.3, 0.4) is 0 Å². The van der Waals surface area contributed by atoms with Crippen LogP contribution in [0.25, 0.3) is 0 Å². The van der Waals surface area contributed by atoms with Crippen molar-refractivity contribution in [2.45, 2.75) is 266 Å². The first kappa shape index (κ1) is 90.2. The number of carbonyl (C=O) groups excluding carboxylic acids is 13. The number of rotatable bonds is 19. The summed E-state index contributed by atoms with van der Waals surface area (Å²) in [4.78, 5) is 204. The minimum absolute atomic E-state index is 0.00358. The molecule has 103 heavy (non-hydrogen) atoms. The molecule has 2 aliphatic heterocycles. The highest BCUT2D eigenvalue weighted by Crippen LogP contribution is 2.35. The quantitative estimate of drug-likeness (QED) is 0.108. The summed E-state index contributed by atoms with van der Waals surface area (Å²) in [6.45, 7) is 27.1. The molecule has 0 radical (unpaired) electrons. The maximum Gasteiger partial charge on any atom is 0.248 e. The number of aliphatic hydroxyl groups is 1. The number of nitrogens with one attached hydrogen (secondary N) is 5. The topological polar surface area (TPSA) is 337 Å². The van der Waals surface area contributed by atoms with Crippen molar-refractivity contribution in [1.29, 1.82) is 0 Å². The molecule has 14 atom stereocenters. The van der Waals surface area contributed by atoms with Gasteiger partial charge in [0.15, 0.2) is 0 Å². The van der Waals surface area contributed by atoms with Crippen molar-refractivity contribution < 1.29 is 72.2 Å². The van der Waals surface area contributed by atoms with Crippen LogP contribution in [0, 0.1) is 53.3 Å². The number of likely N-dealkylation sites (tertiary alicyclic amines) is 1. The molecule has 3 unspecified atom stereocenters. The van der Waals surface area contributed by atoms with Crippen molar-refractivity contribution in [2.24, 2.45) is 53.3 Å². The highest BCUT2D eigenvalue weighted by atomic mass is 16.5. The Balaban J connectivity index is 2.45. The van der Waals surface area contributed by atoms with E-state index in [0.717, 1.165) is 16.2 Å². The van der Waals surface area contributed by atoms with Gasteiger partial charge in [-0.2, -0.15) is 0 Å². The molecule has 1 aliphatic carbocycles. The lowest BCUT2D eigenvalue weighted by Crippen LogP contribution is -2.62. The molecule has 0 aromatic carbocycles. The number of piperidine rings is 1. The fourth-order valence-electron chi connectivity index (χ4n) is 14.6. The van der Waals surface area contributed by atoms with Gasteiger partial charge in [-0.25, -0.2) is 0 Å². The van der Waals surface area contributed by atoms with Gasteiger partial charge in [-0.05, 0) is 138 Å². The minimum Gasteiger partial charge on any atom is -0.391 e. The fraction of sp³-hybridized carbons (Fsp3) is 0.827. The summed E-state index contributed by atoms with van der Waals surface area (Å²) in [6.07, 6.45) is 1.40. The molecule has 0 spiro atoms. The molecule has 6 N–H and O–H groups in total. The SMILES string of the molecule is CNC(=O)C1CC(C[C@@H]2NC(=O)[C@H](CC(C)C)N(C)C(=O)[C@H](CC(C)C)N(C)C(=O)[C@H](CC(C)C)NC(=O)[C@H](CC(C)C)N(C)C(=O)C[C@@H](C(=O)N3CCCCC3)NC(=O)[C@H](CC(C)C)N(C)C(=O)CN(C)C(=O)[C@H]([C@@H](C)O)NC(=O)[C@H](C(C)C)N(C)C(=O)[C@H](CC(C)C)N(C)C2=O)CCC1OC. The van der Waals surface area contributed by atoms with E-state index in [1.54, 1.807) is 18.7 Å². The highest BCUT2D eigenvalue weighted by Gasteiger charge is 2.46. The molecule has 0 aromatic heterocycles. The molecule has 3 rings (SSSR count). The molecule has 0 bridgehead atoms. The Bertz CT molecular complexity index is 2880. The number of hydrogen-bond acceptors (Lipinski definition) is 15. The van der Waals surface area contributed by atoms with Gasteiger partial charge in [0.1, 0.15) is 60.4 Å². The van der Waals surface area contributed by atoms with E-state index in [4.69, 9.17) is 4.74 Å². The molecule has 3 fully saturated rings. The van der Waals surface area contributed by atoms with Gasteiger partial charge < -0.3 is 75.6 Å². The Kier molecular flexibility index (Phi) is 36.5. The Labute approximate surface area is 615 Å². The third-order valence-electron chi connectivity index (χ3n) is 20.5. The van der Waals surface area contributed by atoms with Crippen molar-refractivity contribution in [1.82, 2.24) is 65.8 Å². The van der Waals surface area contributed by atoms with Gasteiger partial charge in [0, 0.05) is 76.6 Å². The number of amides is 13. The van der Waals surface area contributed by atoms with Gasteiger partial charge in [0.25, 0.3) is 0 Å². The number of carbonyl (C=O) groups is 13. The van der Waals surface area contributed by atoms with E-state index in [1.165, 1.54) is 94.9 Å². The van der Waals surface area contributed by atoms with E-state index in [1.807, 2.05) is 83.1 Å². The summed E-state index contributed by atoms with van der Waals surface area (Å²) < 4.78 is 5.77. The molecule has 2 heterocycles. The van der Waals surface area contributed by atoms with Crippen LogP contribution in [-0.4, -0.2) is 277 Å². The van der Waals surface area contributed by atoms with Crippen molar-refractivity contribution in [3.05, 3.63) is 0 Å². The lowest BCUT2D eigenvalue weighted by molar-refractivity contribution is -0.152. The van der Waals surface area contributed by atoms with Crippen molar-refractivity contribution in [2.75, 3.05) is 83.1 Å². The van der Waals surface area contributed by atoms with Crippen LogP contribution in [0.2, 0.25) is 0 Å². The van der Waals surface area contributed by atoms with Gasteiger partial charge in [-0.15, -0.1) is 0 Å². The van der Waals surface area contributed by atoms with E-state index < -0.39 is 168 Å². The summed E-state index contributed by atoms with van der Waals surface area (Å²) in [5.41, 5.74) is 0. The summed E-state index contributed by atoms with van der Waals surface area (Å²) in [6, 6.07) is -13.3. The second-order valence-electron chi connectivity index (χ2n) is 32.5. The summed E-state index contributed by atoms with van der Waals surface area (Å²) in [5.74, 6) is -11.6. The van der Waals surface area contributed by atoms with Crippen LogP contribution in [-0.2, 0) is 67.1 Å². The van der Waals surface area contributed by atoms with E-state index in [2.05, 4.69) is 26.6 Å². The first-order valence-corrected chi connectivity index (χ1v) is 37.7. The van der Waals surface area contributed by atoms with Crippen LogP contribution < -0.4 is 26.6 Å². The Morgan fingerprint density at radius 1 is 0.485 bits per heavy atom. The van der Waals surface area contributed by atoms with E-state index >= 15 is 28.8 Å². The Morgan fingerprint density at radius 2 is 0.903 bits per heavy atom. The smallest absolute Gasteiger partial charge is 0.248 e. The highest BCUT2D eigenvalue weighted by molar-refractivity contribution is 6.00. The van der Waals surface area contributed by atoms with Crippen LogP contribution in [0.15, 0.2) is 0 Å². The second kappa shape index (κ2) is 41.7. The van der Waals surface area contributed by atoms with Gasteiger partial charge in [0.05, 0.1) is 31.1 Å². The second-order valence-corrected chi connectivity index (χ2v) is 32.5. The number of ether oxygens (including phenoxy) is 1. The summed E-state index contributed by atoms with van der Waals surface area (Å²) in [7, 11) is 12.9. The number of nitrogens with zero attached hydrogens (tertiary/aromatic N) is 8. The average molecular weight is 1460 g/mol. The van der Waals surface area contributed by atoms with Crippen LogP contribution in [0.5, 0.6) is 0 Å². The van der Waals surface area contributed by atoms with Crippen molar-refractivity contribution in [3.8, 4) is 0 Å². The van der Waals surface area contributed by atoms with E-state index in [9.17, 15) is 38.7 Å². The van der Waals surface area contributed by atoms with Crippen LogP contribution in [0.4, 0.5) is 0 Å². The van der Waals surface area contributed by atoms with Crippen LogP contribution in [0.1, 0.15) is 194 Å². The molecule has 1 saturated carbocycles. The maximum absolute atomic E-state index is 15.7. The molecule has 3 aliphatic rings. The zero-order chi connectivity index (χ0) is 78.5. The average Bonchev–Trinajstić information content (AvgIpc) is 0.814. The van der Waals surface area contributed by atoms with E-state index in [-0.39, 0.29) is 98.7 Å². The molecular weight excluding hydrogens is 1320 g/mol. The third kappa shape index (κ3) is 25.9. The van der Waals surface area contributed by atoms with Gasteiger partial charge in [0.2, 0.25) is 76.8 Å². The Morgan fingerprint density at radius 3 is 1.35 bits per heavy atom. The number of likely N-dealkylation sites (N-methyl/N-ethyl adjacent to an activating group) is 7. The van der Waals surface area contributed by atoms with E-state index in [0.29, 0.717) is 38.8 Å². The van der Waals surface area contributed by atoms with Crippen molar-refractivity contribution in [3.63, 3.8) is 0 Å². The normalized spacial score (nSPS) is 27.9. The predicted octanol–water partition coefficient (Wildman–Crippen LogP) is 3.64. The van der Waals surface area contributed by atoms with Gasteiger partial charge in [-0.1, -0.05) is 96.9 Å². The lowest BCUT2D eigenvalue weighted by Gasteiger charge is -2.40. The maximum atomic E-state index is 15.7. The number of hydrogen-bond donors (Lipinski definition) is 6. The van der Waals surface area contributed by atoms with Crippen molar-refractivity contribution >= 4 is 76.8 Å². The zero-order valence-electron chi connectivity index (χ0n) is 66.9.